The monoisotopic (exact) mass is 493 g/mol. The Morgan fingerprint density at radius 3 is 2.61 bits per heavy atom. The summed E-state index contributed by atoms with van der Waals surface area (Å²) in [5, 5.41) is 17.9. The molecule has 2 heterocycles. The maximum atomic E-state index is 13.2. The molecule has 4 rings (SSSR count). The maximum absolute atomic E-state index is 13.2. The van der Waals surface area contributed by atoms with Crippen molar-refractivity contribution in [1.82, 2.24) is 9.78 Å². The number of fused-ring (bicyclic) bond motifs is 1. The molecule has 1 unspecified atom stereocenters. The van der Waals surface area contributed by atoms with E-state index in [9.17, 15) is 24.5 Å². The van der Waals surface area contributed by atoms with Crippen LogP contribution in [0.5, 0.6) is 5.75 Å². The number of amides is 2. The first kappa shape index (κ1) is 24.4. The average molecular weight is 493 g/mol. The summed E-state index contributed by atoms with van der Waals surface area (Å²) in [6, 6.07) is 12.1. The fourth-order valence-electron chi connectivity index (χ4n) is 3.84. The fraction of sp³-hybridized carbons (Fsp3) is 0.250. The van der Waals surface area contributed by atoms with Gasteiger partial charge in [0.15, 0.2) is 12.4 Å². The Labute approximate surface area is 205 Å². The van der Waals surface area contributed by atoms with Crippen LogP contribution in [0.15, 0.2) is 54.7 Å². The van der Waals surface area contributed by atoms with E-state index in [2.05, 4.69) is 10.4 Å². The molecule has 36 heavy (non-hydrogen) atoms. The summed E-state index contributed by atoms with van der Waals surface area (Å²) in [6.45, 7) is 3.06. The van der Waals surface area contributed by atoms with E-state index in [1.165, 1.54) is 40.0 Å². The van der Waals surface area contributed by atoms with Crippen molar-refractivity contribution in [2.75, 3.05) is 23.4 Å². The molecule has 0 bridgehead atoms. The van der Waals surface area contributed by atoms with Crippen LogP contribution in [0.3, 0.4) is 0 Å². The lowest BCUT2D eigenvalue weighted by molar-refractivity contribution is -0.384. The second kappa shape index (κ2) is 10.3. The molecule has 186 valence electrons. The number of hydrogen-bond donors (Lipinski definition) is 1. The lowest BCUT2D eigenvalue weighted by atomic mass is 10.1. The molecule has 0 saturated heterocycles. The highest BCUT2D eigenvalue weighted by molar-refractivity contribution is 6.04. The number of hydrogen-bond acceptors (Lipinski definition) is 8. The number of aromatic nitrogens is 2. The van der Waals surface area contributed by atoms with Crippen LogP contribution in [0.25, 0.3) is 5.69 Å². The largest absolute Gasteiger partial charge is 0.479 e. The van der Waals surface area contributed by atoms with E-state index in [0.717, 1.165) is 0 Å². The molecule has 12 heteroatoms. The van der Waals surface area contributed by atoms with Gasteiger partial charge in [-0.3, -0.25) is 19.7 Å². The van der Waals surface area contributed by atoms with Gasteiger partial charge in [-0.15, -0.1) is 0 Å². The third-order valence-electron chi connectivity index (χ3n) is 5.45. The van der Waals surface area contributed by atoms with Gasteiger partial charge in [-0.25, -0.2) is 9.48 Å². The summed E-state index contributed by atoms with van der Waals surface area (Å²) < 4.78 is 12.1. The molecular weight excluding hydrogens is 470 g/mol. The van der Waals surface area contributed by atoms with E-state index < -0.39 is 29.4 Å². The number of carbonyl (C=O) groups excluding carboxylic acids is 3. The zero-order valence-electron chi connectivity index (χ0n) is 19.5. The van der Waals surface area contributed by atoms with E-state index in [0.29, 0.717) is 17.1 Å². The highest BCUT2D eigenvalue weighted by Crippen LogP contribution is 2.31. The molecular formula is C24H23N5O7. The van der Waals surface area contributed by atoms with Crippen molar-refractivity contribution in [2.45, 2.75) is 26.3 Å². The molecule has 2 amide bonds. The molecule has 0 spiro atoms. The van der Waals surface area contributed by atoms with Crippen LogP contribution in [0.4, 0.5) is 17.1 Å². The van der Waals surface area contributed by atoms with Gasteiger partial charge in [-0.1, -0.05) is 12.1 Å². The average Bonchev–Trinajstić information content (AvgIpc) is 3.23. The summed E-state index contributed by atoms with van der Waals surface area (Å²) in [4.78, 5) is 49.8. The Bertz CT molecular complexity index is 1320. The van der Waals surface area contributed by atoms with Gasteiger partial charge in [0, 0.05) is 24.6 Å². The van der Waals surface area contributed by atoms with Crippen LogP contribution in [0.1, 0.15) is 30.8 Å². The third kappa shape index (κ3) is 5.02. The minimum atomic E-state index is -0.746. The lowest BCUT2D eigenvalue weighted by Crippen LogP contribution is -2.41. The predicted molar refractivity (Wildman–Crippen MR) is 128 cm³/mol. The number of nitro groups is 1. The molecule has 1 aliphatic rings. The first-order valence-electron chi connectivity index (χ1n) is 11.1. The maximum Gasteiger partial charge on any atom is 0.362 e. The van der Waals surface area contributed by atoms with Crippen LogP contribution in [0, 0.1) is 10.1 Å². The normalized spacial score (nSPS) is 14.9. The topological polar surface area (TPSA) is 146 Å². The summed E-state index contributed by atoms with van der Waals surface area (Å²) in [5.41, 5.74) is 1.24. The van der Waals surface area contributed by atoms with Gasteiger partial charge in [0.2, 0.25) is 11.6 Å². The van der Waals surface area contributed by atoms with Gasteiger partial charge in [-0.2, -0.15) is 5.10 Å². The number of non-ortho nitro benzene ring substituents is 1. The van der Waals surface area contributed by atoms with E-state index in [4.69, 9.17) is 9.47 Å². The molecule has 1 N–H and O–H groups in total. The molecule has 0 fully saturated rings. The van der Waals surface area contributed by atoms with Crippen molar-refractivity contribution in [1.29, 1.82) is 0 Å². The number of rotatable bonds is 7. The van der Waals surface area contributed by atoms with E-state index in [-0.39, 0.29) is 36.1 Å². The zero-order chi connectivity index (χ0) is 25.8. The van der Waals surface area contributed by atoms with Gasteiger partial charge in [0.25, 0.3) is 11.6 Å². The lowest BCUT2D eigenvalue weighted by Gasteiger charge is -2.27. The highest BCUT2D eigenvalue weighted by Gasteiger charge is 2.30. The number of benzene rings is 2. The minimum absolute atomic E-state index is 0.00474. The molecule has 0 saturated carbocycles. The van der Waals surface area contributed by atoms with Gasteiger partial charge >= 0.3 is 5.97 Å². The summed E-state index contributed by atoms with van der Waals surface area (Å²) in [5.74, 6) is -1.38. The molecule has 1 aliphatic heterocycles. The highest BCUT2D eigenvalue weighted by atomic mass is 16.6. The Balaban J connectivity index is 1.60. The van der Waals surface area contributed by atoms with Crippen LogP contribution in [0.2, 0.25) is 0 Å². The van der Waals surface area contributed by atoms with Crippen molar-refractivity contribution in [3.05, 3.63) is 70.5 Å². The second-order valence-electron chi connectivity index (χ2n) is 7.95. The summed E-state index contributed by atoms with van der Waals surface area (Å²) >= 11 is 0. The Kier molecular flexibility index (Phi) is 6.95. The van der Waals surface area contributed by atoms with Crippen molar-refractivity contribution < 1.29 is 28.8 Å². The van der Waals surface area contributed by atoms with Crippen molar-refractivity contribution in [2.24, 2.45) is 0 Å². The number of para-hydroxylation sites is 2. The number of nitro benzene ring substituents is 1. The predicted octanol–water partition coefficient (Wildman–Crippen LogP) is 3.10. The molecule has 3 aromatic rings. The van der Waals surface area contributed by atoms with E-state index in [1.807, 2.05) is 0 Å². The summed E-state index contributed by atoms with van der Waals surface area (Å²) in [7, 11) is 0. The van der Waals surface area contributed by atoms with Crippen LogP contribution in [-0.4, -0.2) is 51.7 Å². The first-order valence-corrected chi connectivity index (χ1v) is 11.1. The molecule has 2 aromatic carbocycles. The Morgan fingerprint density at radius 1 is 1.19 bits per heavy atom. The van der Waals surface area contributed by atoms with E-state index in [1.54, 1.807) is 38.1 Å². The van der Waals surface area contributed by atoms with E-state index >= 15 is 0 Å². The number of ether oxygens (including phenoxy) is 2. The van der Waals surface area contributed by atoms with Crippen LogP contribution >= 0.6 is 0 Å². The quantitative estimate of drug-likeness (QED) is 0.300. The number of nitrogens with one attached hydrogen (secondary N) is 1. The Morgan fingerprint density at radius 2 is 1.92 bits per heavy atom. The van der Waals surface area contributed by atoms with Gasteiger partial charge in [-0.05, 0) is 38.1 Å². The molecule has 1 atom stereocenters. The SMILES string of the molecule is CCOC(=O)c1nn(-c2ccc([N+](=O)[O-])cc2)cc1OCC(=O)N1c2ccccc2NC(=O)CC1C. The smallest absolute Gasteiger partial charge is 0.362 e. The van der Waals surface area contributed by atoms with Crippen molar-refractivity contribution in [3.8, 4) is 11.4 Å². The molecule has 0 aliphatic carbocycles. The minimum Gasteiger partial charge on any atom is -0.479 e. The van der Waals surface area contributed by atoms with Gasteiger partial charge in [0.05, 0.1) is 34.8 Å². The number of carbonyl (C=O) groups is 3. The van der Waals surface area contributed by atoms with Gasteiger partial charge < -0.3 is 19.7 Å². The Hall–Kier alpha value is -4.74. The van der Waals surface area contributed by atoms with Gasteiger partial charge in [0.1, 0.15) is 0 Å². The first-order chi connectivity index (χ1) is 17.3. The number of esters is 1. The third-order valence-corrected chi connectivity index (χ3v) is 5.45. The fourth-order valence-corrected chi connectivity index (χ4v) is 3.84. The molecule has 12 nitrogen and oxygen atoms in total. The second-order valence-corrected chi connectivity index (χ2v) is 7.95. The van der Waals surface area contributed by atoms with Crippen molar-refractivity contribution >= 4 is 34.8 Å². The van der Waals surface area contributed by atoms with Crippen molar-refractivity contribution in [3.63, 3.8) is 0 Å². The van der Waals surface area contributed by atoms with Crippen LogP contribution < -0.4 is 15.0 Å². The molecule has 0 radical (unpaired) electrons. The number of nitrogens with zero attached hydrogens (tertiary/aromatic N) is 4. The summed E-state index contributed by atoms with van der Waals surface area (Å²) in [6.07, 6.45) is 1.50. The zero-order valence-corrected chi connectivity index (χ0v) is 19.5. The standard InChI is InChI=1S/C24H23N5O7/c1-3-35-24(32)23-20(13-27(26-23)16-8-10-17(11-9-16)29(33)34)36-14-22(31)28-15(2)12-21(30)25-18-6-4-5-7-19(18)28/h4-11,13,15H,3,12,14H2,1-2H3,(H,25,30). The van der Waals surface area contributed by atoms with Crippen LogP contribution in [-0.2, 0) is 14.3 Å². The molecule has 1 aromatic heterocycles. The number of anilines is 2.